The highest BCUT2D eigenvalue weighted by atomic mass is 79.9. The minimum absolute atomic E-state index is 0.0324. The van der Waals surface area contributed by atoms with Crippen molar-refractivity contribution in [2.45, 2.75) is 51.0 Å². The molecule has 1 aliphatic rings. The molecule has 1 fully saturated rings. The van der Waals surface area contributed by atoms with Crippen LogP contribution in [-0.2, 0) is 0 Å². The summed E-state index contributed by atoms with van der Waals surface area (Å²) in [6.45, 7) is 0. The van der Waals surface area contributed by atoms with Crippen LogP contribution in [0, 0.1) is 11.7 Å². The van der Waals surface area contributed by atoms with Gasteiger partial charge in [-0.1, -0.05) is 44.6 Å². The smallest absolute Gasteiger partial charge is 0.137 e. The topological polar surface area (TPSA) is 26.0 Å². The van der Waals surface area contributed by atoms with E-state index >= 15 is 0 Å². The van der Waals surface area contributed by atoms with Gasteiger partial charge in [-0.25, -0.2) is 4.39 Å². The van der Waals surface area contributed by atoms with Gasteiger partial charge in [-0.05, 0) is 46.0 Å². The molecule has 1 aromatic carbocycles. The molecule has 0 heterocycles. The third-order valence-electron chi connectivity index (χ3n) is 3.93. The van der Waals surface area contributed by atoms with Crippen LogP contribution < -0.4 is 5.73 Å². The van der Waals surface area contributed by atoms with Crippen LogP contribution in [0.3, 0.4) is 0 Å². The van der Waals surface area contributed by atoms with Crippen molar-refractivity contribution in [3.05, 3.63) is 34.1 Å². The first-order chi connectivity index (χ1) is 8.66. The van der Waals surface area contributed by atoms with Crippen molar-refractivity contribution in [3.63, 3.8) is 0 Å². The van der Waals surface area contributed by atoms with Gasteiger partial charge in [0.2, 0.25) is 0 Å². The van der Waals surface area contributed by atoms with Gasteiger partial charge in [0.25, 0.3) is 0 Å². The highest BCUT2D eigenvalue weighted by Crippen LogP contribution is 2.31. The summed E-state index contributed by atoms with van der Waals surface area (Å²) in [7, 11) is 0. The molecule has 2 N–H and O–H groups in total. The van der Waals surface area contributed by atoms with Gasteiger partial charge in [-0.2, -0.15) is 0 Å². The zero-order chi connectivity index (χ0) is 13.0. The number of rotatable bonds is 3. The van der Waals surface area contributed by atoms with Crippen LogP contribution in [0.15, 0.2) is 22.7 Å². The fraction of sp³-hybridized carbons (Fsp3) is 0.600. The second-order valence-corrected chi connectivity index (χ2v) is 6.23. The Morgan fingerprint density at radius 3 is 2.50 bits per heavy atom. The minimum atomic E-state index is -0.222. The lowest BCUT2D eigenvalue weighted by Crippen LogP contribution is -2.15. The molecule has 0 bridgehead atoms. The average molecular weight is 314 g/mol. The van der Waals surface area contributed by atoms with E-state index < -0.39 is 0 Å². The van der Waals surface area contributed by atoms with Gasteiger partial charge >= 0.3 is 0 Å². The Morgan fingerprint density at radius 1 is 1.22 bits per heavy atom. The third kappa shape index (κ3) is 3.79. The van der Waals surface area contributed by atoms with Crippen LogP contribution in [0.5, 0.6) is 0 Å². The molecule has 0 saturated heterocycles. The molecule has 3 heteroatoms. The molecule has 0 spiro atoms. The Balaban J connectivity index is 1.97. The van der Waals surface area contributed by atoms with E-state index in [4.69, 9.17) is 5.73 Å². The molecule has 18 heavy (non-hydrogen) atoms. The maximum Gasteiger partial charge on any atom is 0.137 e. The first-order valence-corrected chi connectivity index (χ1v) is 7.66. The number of hydrogen-bond donors (Lipinski definition) is 1. The lowest BCUT2D eigenvalue weighted by molar-refractivity contribution is 0.392. The van der Waals surface area contributed by atoms with Crippen molar-refractivity contribution >= 4 is 15.9 Å². The molecule has 1 unspecified atom stereocenters. The van der Waals surface area contributed by atoms with E-state index in [1.807, 2.05) is 12.1 Å². The standard InChI is InChI=1S/C15H21BrFN/c16-13-10-12(7-8-14(13)17)15(18)9-11-5-3-1-2-4-6-11/h7-8,10-11,15H,1-6,9,18H2. The molecule has 2 rings (SSSR count). The summed E-state index contributed by atoms with van der Waals surface area (Å²) >= 11 is 3.22. The Labute approximate surface area is 117 Å². The summed E-state index contributed by atoms with van der Waals surface area (Å²) in [4.78, 5) is 0. The molecular formula is C15H21BrFN. The summed E-state index contributed by atoms with van der Waals surface area (Å²) in [5, 5.41) is 0. The second kappa shape index (κ2) is 6.67. The predicted octanol–water partition coefficient (Wildman–Crippen LogP) is 4.95. The monoisotopic (exact) mass is 313 g/mol. The molecule has 0 aliphatic heterocycles. The third-order valence-corrected chi connectivity index (χ3v) is 4.54. The molecular weight excluding hydrogens is 293 g/mol. The highest BCUT2D eigenvalue weighted by Gasteiger charge is 2.17. The van der Waals surface area contributed by atoms with Gasteiger partial charge in [-0.3, -0.25) is 0 Å². The molecule has 0 aromatic heterocycles. The van der Waals surface area contributed by atoms with Crippen LogP contribution in [0.25, 0.3) is 0 Å². The van der Waals surface area contributed by atoms with Crippen LogP contribution >= 0.6 is 15.9 Å². The number of nitrogens with two attached hydrogens (primary N) is 1. The van der Waals surface area contributed by atoms with Crippen molar-refractivity contribution in [2.24, 2.45) is 11.7 Å². The molecule has 0 radical (unpaired) electrons. The zero-order valence-electron chi connectivity index (χ0n) is 10.7. The van der Waals surface area contributed by atoms with E-state index in [1.165, 1.54) is 44.6 Å². The number of halogens is 2. The molecule has 1 aliphatic carbocycles. The van der Waals surface area contributed by atoms with Gasteiger partial charge in [0.1, 0.15) is 5.82 Å². The number of benzene rings is 1. The zero-order valence-corrected chi connectivity index (χ0v) is 12.3. The predicted molar refractivity (Wildman–Crippen MR) is 76.8 cm³/mol. The first kappa shape index (κ1) is 14.0. The van der Waals surface area contributed by atoms with E-state index in [0.717, 1.165) is 17.9 Å². The Morgan fingerprint density at radius 2 is 1.89 bits per heavy atom. The van der Waals surface area contributed by atoms with Crippen molar-refractivity contribution in [1.29, 1.82) is 0 Å². The lowest BCUT2D eigenvalue weighted by Gasteiger charge is -2.19. The lowest BCUT2D eigenvalue weighted by atomic mass is 9.90. The second-order valence-electron chi connectivity index (χ2n) is 5.37. The summed E-state index contributed by atoms with van der Waals surface area (Å²) in [5.74, 6) is 0.520. The van der Waals surface area contributed by atoms with E-state index in [0.29, 0.717) is 4.47 Å². The summed E-state index contributed by atoms with van der Waals surface area (Å²) in [5.41, 5.74) is 7.29. The largest absolute Gasteiger partial charge is 0.324 e. The van der Waals surface area contributed by atoms with Gasteiger partial charge in [0.15, 0.2) is 0 Å². The van der Waals surface area contributed by atoms with Crippen LogP contribution in [0.1, 0.15) is 56.6 Å². The average Bonchev–Trinajstić information content (AvgIpc) is 2.61. The van der Waals surface area contributed by atoms with Crippen molar-refractivity contribution in [3.8, 4) is 0 Å². The van der Waals surface area contributed by atoms with Gasteiger partial charge in [-0.15, -0.1) is 0 Å². The number of hydrogen-bond acceptors (Lipinski definition) is 1. The molecule has 1 aromatic rings. The van der Waals surface area contributed by atoms with Gasteiger partial charge < -0.3 is 5.73 Å². The van der Waals surface area contributed by atoms with E-state index in [1.54, 1.807) is 0 Å². The normalized spacial score (nSPS) is 19.5. The minimum Gasteiger partial charge on any atom is -0.324 e. The molecule has 100 valence electrons. The van der Waals surface area contributed by atoms with Crippen LogP contribution in [-0.4, -0.2) is 0 Å². The molecule has 1 nitrogen and oxygen atoms in total. The summed E-state index contributed by atoms with van der Waals surface area (Å²) in [6.07, 6.45) is 9.04. The maximum absolute atomic E-state index is 13.2. The van der Waals surface area contributed by atoms with Crippen molar-refractivity contribution in [1.82, 2.24) is 0 Å². The van der Waals surface area contributed by atoms with E-state index in [-0.39, 0.29) is 11.9 Å². The fourth-order valence-corrected chi connectivity index (χ4v) is 3.23. The van der Waals surface area contributed by atoms with E-state index in [9.17, 15) is 4.39 Å². The van der Waals surface area contributed by atoms with Crippen molar-refractivity contribution in [2.75, 3.05) is 0 Å². The highest BCUT2D eigenvalue weighted by molar-refractivity contribution is 9.10. The van der Waals surface area contributed by atoms with Crippen LogP contribution in [0.4, 0.5) is 4.39 Å². The summed E-state index contributed by atoms with van der Waals surface area (Å²) in [6, 6.07) is 5.15. The Kier molecular flexibility index (Phi) is 5.19. The van der Waals surface area contributed by atoms with Crippen LogP contribution in [0.2, 0.25) is 0 Å². The first-order valence-electron chi connectivity index (χ1n) is 6.87. The Bertz CT molecular complexity index is 386. The quantitative estimate of drug-likeness (QED) is 0.785. The van der Waals surface area contributed by atoms with Gasteiger partial charge in [0.05, 0.1) is 4.47 Å². The molecule has 0 amide bonds. The molecule has 1 atom stereocenters. The summed E-state index contributed by atoms with van der Waals surface area (Å²) < 4.78 is 13.7. The van der Waals surface area contributed by atoms with E-state index in [2.05, 4.69) is 15.9 Å². The fourth-order valence-electron chi connectivity index (χ4n) is 2.84. The SMILES string of the molecule is NC(CC1CCCCCC1)c1ccc(F)c(Br)c1. The van der Waals surface area contributed by atoms with Crippen molar-refractivity contribution < 1.29 is 4.39 Å². The Hall–Kier alpha value is -0.410. The maximum atomic E-state index is 13.2. The molecule has 1 saturated carbocycles. The van der Waals surface area contributed by atoms with Gasteiger partial charge in [0, 0.05) is 6.04 Å².